The number of ether oxygens (including phenoxy) is 1. The Balaban J connectivity index is 1.57. The molecule has 2 aromatic heterocycles. The second-order valence-electron chi connectivity index (χ2n) is 5.44. The van der Waals surface area contributed by atoms with E-state index in [-0.39, 0.29) is 12.3 Å². The van der Waals surface area contributed by atoms with Crippen molar-refractivity contribution >= 4 is 11.9 Å². The molecule has 0 fully saturated rings. The summed E-state index contributed by atoms with van der Waals surface area (Å²) in [6.07, 6.45) is 5.41. The molecule has 0 atom stereocenters. The third-order valence-electron chi connectivity index (χ3n) is 3.35. The number of anilines is 1. The van der Waals surface area contributed by atoms with Crippen molar-refractivity contribution in [3.63, 3.8) is 0 Å². The van der Waals surface area contributed by atoms with Gasteiger partial charge in [0.25, 0.3) is 0 Å². The first kappa shape index (κ1) is 15.7. The van der Waals surface area contributed by atoms with Crippen molar-refractivity contribution in [2.75, 3.05) is 5.32 Å². The van der Waals surface area contributed by atoms with Crippen LogP contribution < -0.4 is 10.1 Å². The van der Waals surface area contributed by atoms with E-state index in [0.717, 1.165) is 22.6 Å². The minimum absolute atomic E-state index is 0.131. The molecule has 0 bridgehead atoms. The van der Waals surface area contributed by atoms with Crippen molar-refractivity contribution < 1.29 is 9.53 Å². The fraction of sp³-hybridized carbons (Fsp3) is 0.167. The second kappa shape index (κ2) is 7.41. The summed E-state index contributed by atoms with van der Waals surface area (Å²) in [5.74, 6) is 1.05. The Hall–Kier alpha value is -3.15. The Morgan fingerprint density at radius 2 is 2.08 bits per heavy atom. The van der Waals surface area contributed by atoms with Gasteiger partial charge in [0, 0.05) is 29.8 Å². The fourth-order valence-electron chi connectivity index (χ4n) is 2.23. The second-order valence-corrected chi connectivity index (χ2v) is 5.44. The summed E-state index contributed by atoms with van der Waals surface area (Å²) in [7, 11) is 0. The van der Waals surface area contributed by atoms with Crippen molar-refractivity contribution in [2.24, 2.45) is 0 Å². The number of aromatic nitrogens is 3. The first-order valence-corrected chi connectivity index (χ1v) is 7.61. The lowest BCUT2D eigenvalue weighted by atomic mass is 10.1. The lowest BCUT2D eigenvalue weighted by Gasteiger charge is -2.08. The van der Waals surface area contributed by atoms with E-state index >= 15 is 0 Å². The summed E-state index contributed by atoms with van der Waals surface area (Å²) >= 11 is 0. The molecule has 0 saturated carbocycles. The average Bonchev–Trinajstić information content (AvgIpc) is 2.99. The molecule has 0 spiro atoms. The van der Waals surface area contributed by atoms with E-state index in [2.05, 4.69) is 20.3 Å². The summed E-state index contributed by atoms with van der Waals surface area (Å²) in [6, 6.07) is 11.3. The summed E-state index contributed by atoms with van der Waals surface area (Å²) in [4.78, 5) is 23.1. The van der Waals surface area contributed by atoms with Crippen LogP contribution in [0.25, 0.3) is 0 Å². The van der Waals surface area contributed by atoms with Crippen molar-refractivity contribution in [1.82, 2.24) is 15.0 Å². The van der Waals surface area contributed by atoms with Crippen LogP contribution in [0.1, 0.15) is 16.8 Å². The van der Waals surface area contributed by atoms with E-state index in [4.69, 9.17) is 4.74 Å². The minimum atomic E-state index is -0.131. The van der Waals surface area contributed by atoms with Gasteiger partial charge in [0.15, 0.2) is 0 Å². The van der Waals surface area contributed by atoms with Gasteiger partial charge >= 0.3 is 0 Å². The highest BCUT2D eigenvalue weighted by Crippen LogP contribution is 2.16. The van der Waals surface area contributed by atoms with Crippen LogP contribution >= 0.6 is 0 Å². The highest BCUT2D eigenvalue weighted by atomic mass is 16.5. The number of benzene rings is 1. The van der Waals surface area contributed by atoms with E-state index in [9.17, 15) is 4.79 Å². The highest BCUT2D eigenvalue weighted by molar-refractivity contribution is 5.90. The van der Waals surface area contributed by atoms with Gasteiger partial charge in [-0.3, -0.25) is 15.1 Å². The van der Waals surface area contributed by atoms with Gasteiger partial charge in [0.05, 0.1) is 6.42 Å². The van der Waals surface area contributed by atoms with Gasteiger partial charge in [0.2, 0.25) is 11.9 Å². The number of aromatic amines is 1. The number of aryl methyl sites for hydroxylation is 1. The number of carbonyl (C=O) groups is 1. The van der Waals surface area contributed by atoms with Crippen molar-refractivity contribution in [1.29, 1.82) is 0 Å². The molecule has 3 aromatic rings. The topological polar surface area (TPSA) is 79.9 Å². The molecule has 6 nitrogen and oxygen atoms in total. The monoisotopic (exact) mass is 322 g/mol. The smallest absolute Gasteiger partial charge is 0.231 e. The van der Waals surface area contributed by atoms with Crippen LogP contribution in [0.3, 0.4) is 0 Å². The molecule has 0 saturated heterocycles. The molecule has 6 heteroatoms. The third-order valence-corrected chi connectivity index (χ3v) is 3.35. The first-order valence-electron chi connectivity index (χ1n) is 7.61. The van der Waals surface area contributed by atoms with Gasteiger partial charge in [-0.2, -0.15) is 0 Å². The molecule has 0 radical (unpaired) electrons. The largest absolute Gasteiger partial charge is 0.489 e. The Kier molecular flexibility index (Phi) is 4.86. The SMILES string of the molecule is Cc1cnc(NC(=O)Cc2cccc(OCc3cccnc3)c2)[nH]1. The number of imidazole rings is 1. The number of nitrogens with one attached hydrogen (secondary N) is 2. The molecular formula is C18H18N4O2. The van der Waals surface area contributed by atoms with Gasteiger partial charge in [-0.15, -0.1) is 0 Å². The van der Waals surface area contributed by atoms with E-state index in [1.807, 2.05) is 43.3 Å². The number of rotatable bonds is 6. The minimum Gasteiger partial charge on any atom is -0.489 e. The van der Waals surface area contributed by atoms with Crippen molar-refractivity contribution in [2.45, 2.75) is 20.0 Å². The molecule has 0 aliphatic carbocycles. The predicted molar refractivity (Wildman–Crippen MR) is 90.7 cm³/mol. The highest BCUT2D eigenvalue weighted by Gasteiger charge is 2.07. The molecular weight excluding hydrogens is 304 g/mol. The number of nitrogens with zero attached hydrogens (tertiary/aromatic N) is 2. The Labute approximate surface area is 139 Å². The first-order chi connectivity index (χ1) is 11.7. The van der Waals surface area contributed by atoms with E-state index in [1.165, 1.54) is 0 Å². The average molecular weight is 322 g/mol. The summed E-state index contributed by atoms with van der Waals surface area (Å²) in [5, 5.41) is 2.73. The van der Waals surface area contributed by atoms with E-state index < -0.39 is 0 Å². The summed E-state index contributed by atoms with van der Waals surface area (Å²) in [5.41, 5.74) is 2.77. The Morgan fingerprint density at radius 3 is 2.83 bits per heavy atom. The van der Waals surface area contributed by atoms with Crippen LogP contribution in [-0.2, 0) is 17.8 Å². The normalized spacial score (nSPS) is 10.4. The zero-order valence-corrected chi connectivity index (χ0v) is 13.3. The van der Waals surface area contributed by atoms with Crippen molar-refractivity contribution in [3.8, 4) is 5.75 Å². The summed E-state index contributed by atoms with van der Waals surface area (Å²) < 4.78 is 5.75. The van der Waals surface area contributed by atoms with Crippen LogP contribution in [0.4, 0.5) is 5.95 Å². The number of hydrogen-bond donors (Lipinski definition) is 2. The molecule has 1 aromatic carbocycles. The molecule has 122 valence electrons. The molecule has 24 heavy (non-hydrogen) atoms. The zero-order chi connectivity index (χ0) is 16.8. The molecule has 2 heterocycles. The number of pyridine rings is 1. The number of carbonyl (C=O) groups excluding carboxylic acids is 1. The van der Waals surface area contributed by atoms with E-state index in [0.29, 0.717) is 12.6 Å². The van der Waals surface area contributed by atoms with Crippen LogP contribution in [0, 0.1) is 6.92 Å². The molecule has 0 aliphatic heterocycles. The van der Waals surface area contributed by atoms with Crippen LogP contribution in [0.2, 0.25) is 0 Å². The molecule has 0 unspecified atom stereocenters. The standard InChI is InChI=1S/C18H18N4O2/c1-13-10-20-18(21-13)22-17(23)9-14-4-2-6-16(8-14)24-12-15-5-3-7-19-11-15/h2-8,10-11H,9,12H2,1H3,(H2,20,21,22,23). The van der Waals surface area contributed by atoms with Gasteiger partial charge in [-0.05, 0) is 30.7 Å². The van der Waals surface area contributed by atoms with Crippen molar-refractivity contribution in [3.05, 3.63) is 71.8 Å². The van der Waals surface area contributed by atoms with Crippen LogP contribution in [-0.4, -0.2) is 20.9 Å². The lowest BCUT2D eigenvalue weighted by molar-refractivity contribution is -0.115. The van der Waals surface area contributed by atoms with Gasteiger partial charge in [-0.25, -0.2) is 4.98 Å². The summed E-state index contributed by atoms with van der Waals surface area (Å²) in [6.45, 7) is 2.32. The third kappa shape index (κ3) is 4.42. The Bertz CT molecular complexity index is 815. The Morgan fingerprint density at radius 1 is 1.21 bits per heavy atom. The quantitative estimate of drug-likeness (QED) is 0.731. The number of amides is 1. The van der Waals surface area contributed by atoms with Gasteiger partial charge in [0.1, 0.15) is 12.4 Å². The number of H-pyrrole nitrogens is 1. The molecule has 1 amide bonds. The maximum Gasteiger partial charge on any atom is 0.231 e. The molecule has 0 aliphatic rings. The number of hydrogen-bond acceptors (Lipinski definition) is 4. The fourth-order valence-corrected chi connectivity index (χ4v) is 2.23. The molecule has 3 rings (SSSR count). The lowest BCUT2D eigenvalue weighted by Crippen LogP contribution is -2.15. The van der Waals surface area contributed by atoms with E-state index in [1.54, 1.807) is 18.6 Å². The van der Waals surface area contributed by atoms with Gasteiger partial charge in [-0.1, -0.05) is 18.2 Å². The zero-order valence-electron chi connectivity index (χ0n) is 13.3. The van der Waals surface area contributed by atoms with Crippen LogP contribution in [0.15, 0.2) is 55.0 Å². The maximum atomic E-state index is 12.1. The van der Waals surface area contributed by atoms with Crippen LogP contribution in [0.5, 0.6) is 5.75 Å². The molecule has 2 N–H and O–H groups in total. The predicted octanol–water partition coefficient (Wildman–Crippen LogP) is 2.87. The maximum absolute atomic E-state index is 12.1. The van der Waals surface area contributed by atoms with Gasteiger partial charge < -0.3 is 9.72 Å².